The van der Waals surface area contributed by atoms with E-state index in [0.29, 0.717) is 23.4 Å². The molecule has 3 aromatic rings. The van der Waals surface area contributed by atoms with Crippen LogP contribution in [0.1, 0.15) is 31.0 Å². The van der Waals surface area contributed by atoms with Gasteiger partial charge in [0.1, 0.15) is 5.75 Å². The molecule has 142 valence electrons. The van der Waals surface area contributed by atoms with E-state index < -0.39 is 11.8 Å². The molecule has 1 heterocycles. The number of aromatic nitrogens is 1. The number of ether oxygens (including phenoxy) is 1. The zero-order valence-electron chi connectivity index (χ0n) is 15.6. The number of benzene rings is 2. The Bertz CT molecular complexity index is 1020. The lowest BCUT2D eigenvalue weighted by Gasteiger charge is -2.07. The van der Waals surface area contributed by atoms with E-state index in [0.717, 1.165) is 24.0 Å². The number of carboxylic acids is 1. The molecular formula is C23H21NO4. The Kier molecular flexibility index (Phi) is 6.17. The number of para-hydroxylation sites is 1. The number of pyridine rings is 1. The summed E-state index contributed by atoms with van der Waals surface area (Å²) in [6.45, 7) is 2.74. The lowest BCUT2D eigenvalue weighted by atomic mass is 10.0. The fraction of sp³-hybridized carbons (Fsp3) is 0.174. The van der Waals surface area contributed by atoms with Crippen molar-refractivity contribution < 1.29 is 19.4 Å². The maximum atomic E-state index is 12.3. The van der Waals surface area contributed by atoms with Gasteiger partial charge in [-0.3, -0.25) is 4.79 Å². The van der Waals surface area contributed by atoms with Crippen molar-refractivity contribution in [3.63, 3.8) is 0 Å². The first-order chi connectivity index (χ1) is 13.6. The summed E-state index contributed by atoms with van der Waals surface area (Å²) < 4.78 is 5.63. The third-order valence-corrected chi connectivity index (χ3v) is 4.27. The van der Waals surface area contributed by atoms with Crippen molar-refractivity contribution in [3.05, 3.63) is 71.9 Å². The monoisotopic (exact) mass is 375 g/mol. The van der Waals surface area contributed by atoms with E-state index in [1.165, 1.54) is 0 Å². The molecule has 0 aliphatic rings. The first kappa shape index (κ1) is 19.3. The summed E-state index contributed by atoms with van der Waals surface area (Å²) in [4.78, 5) is 28.1. The number of unbranched alkanes of at least 4 members (excludes halogenated alkanes) is 1. The molecule has 0 aliphatic heterocycles. The minimum Gasteiger partial charge on any atom is -0.494 e. The van der Waals surface area contributed by atoms with Crippen LogP contribution in [-0.4, -0.2) is 28.4 Å². The van der Waals surface area contributed by atoms with Gasteiger partial charge < -0.3 is 9.84 Å². The summed E-state index contributed by atoms with van der Waals surface area (Å²) in [6, 6.07) is 18.1. The van der Waals surface area contributed by atoms with Gasteiger partial charge in [-0.2, -0.15) is 0 Å². The molecule has 3 rings (SSSR count). The molecule has 0 saturated heterocycles. The number of Topliss-reactive ketones (excluding diaryl/α,β-unsaturated/α-hetero) is 1. The highest BCUT2D eigenvalue weighted by molar-refractivity contribution is 6.52. The van der Waals surface area contributed by atoms with Gasteiger partial charge in [-0.25, -0.2) is 9.78 Å². The maximum Gasteiger partial charge on any atom is 0.377 e. The van der Waals surface area contributed by atoms with Crippen molar-refractivity contribution in [2.75, 3.05) is 6.61 Å². The van der Waals surface area contributed by atoms with Crippen LogP contribution in [0.4, 0.5) is 0 Å². The van der Waals surface area contributed by atoms with Gasteiger partial charge in [0.15, 0.2) is 0 Å². The van der Waals surface area contributed by atoms with Crippen molar-refractivity contribution in [1.82, 2.24) is 4.98 Å². The molecule has 0 aliphatic carbocycles. The first-order valence-electron chi connectivity index (χ1n) is 9.17. The average Bonchev–Trinajstić information content (AvgIpc) is 2.72. The largest absolute Gasteiger partial charge is 0.494 e. The molecule has 0 bridgehead atoms. The third-order valence-electron chi connectivity index (χ3n) is 4.27. The van der Waals surface area contributed by atoms with Gasteiger partial charge in [-0.1, -0.05) is 49.7 Å². The zero-order valence-corrected chi connectivity index (χ0v) is 15.6. The van der Waals surface area contributed by atoms with Crippen LogP contribution < -0.4 is 4.74 Å². The van der Waals surface area contributed by atoms with Crippen LogP contribution in [0.5, 0.6) is 5.75 Å². The summed E-state index contributed by atoms with van der Waals surface area (Å²) in [5.41, 5.74) is 1.76. The number of rotatable bonds is 8. The molecule has 0 amide bonds. The van der Waals surface area contributed by atoms with Crippen LogP contribution in [0.15, 0.2) is 60.7 Å². The number of nitrogens with zero attached hydrogens (tertiary/aromatic N) is 1. The standard InChI is InChI=1S/C23H21NO4/c1-2-3-14-28-18-11-8-16(9-12-18)15-19(22(25)23(26)27)21-13-10-17-6-4-5-7-20(17)24-21/h4-13,15H,2-3,14H2,1H3,(H,26,27)/b19-15-. The highest BCUT2D eigenvalue weighted by Gasteiger charge is 2.21. The average molecular weight is 375 g/mol. The molecule has 0 saturated carbocycles. The Labute approximate surface area is 163 Å². The van der Waals surface area contributed by atoms with E-state index >= 15 is 0 Å². The van der Waals surface area contributed by atoms with Crippen LogP contribution in [0.2, 0.25) is 0 Å². The molecule has 0 unspecified atom stereocenters. The van der Waals surface area contributed by atoms with Crippen molar-refractivity contribution in [1.29, 1.82) is 0 Å². The molecule has 0 atom stereocenters. The number of carboxylic acid groups (broad SMARTS) is 1. The molecule has 28 heavy (non-hydrogen) atoms. The second-order valence-corrected chi connectivity index (χ2v) is 6.35. The highest BCUT2D eigenvalue weighted by atomic mass is 16.5. The predicted octanol–water partition coefficient (Wildman–Crippen LogP) is 4.61. The van der Waals surface area contributed by atoms with Gasteiger partial charge in [0, 0.05) is 5.39 Å². The molecule has 2 aromatic carbocycles. The van der Waals surface area contributed by atoms with Gasteiger partial charge in [-0.05, 0) is 42.3 Å². The summed E-state index contributed by atoms with van der Waals surface area (Å²) in [5.74, 6) is -1.77. The van der Waals surface area contributed by atoms with Crippen molar-refractivity contribution in [2.24, 2.45) is 0 Å². The molecule has 0 fully saturated rings. The quantitative estimate of drug-likeness (QED) is 0.353. The van der Waals surface area contributed by atoms with Gasteiger partial charge in [0.2, 0.25) is 0 Å². The zero-order chi connectivity index (χ0) is 19.9. The number of hydrogen-bond donors (Lipinski definition) is 1. The Morgan fingerprint density at radius 2 is 1.79 bits per heavy atom. The van der Waals surface area contributed by atoms with Crippen molar-refractivity contribution >= 4 is 34.3 Å². The van der Waals surface area contributed by atoms with Gasteiger partial charge in [0.25, 0.3) is 5.78 Å². The van der Waals surface area contributed by atoms with Crippen molar-refractivity contribution in [2.45, 2.75) is 19.8 Å². The molecule has 5 heteroatoms. The van der Waals surface area contributed by atoms with Crippen molar-refractivity contribution in [3.8, 4) is 5.75 Å². The SMILES string of the molecule is CCCCOc1ccc(/C=C(\C(=O)C(=O)O)c2ccc3ccccc3n2)cc1. The highest BCUT2D eigenvalue weighted by Crippen LogP contribution is 2.22. The molecule has 1 N–H and O–H groups in total. The number of carbonyl (C=O) groups is 2. The summed E-state index contributed by atoms with van der Waals surface area (Å²) in [5, 5.41) is 10.1. The number of carbonyl (C=O) groups excluding carboxylic acids is 1. The minimum absolute atomic E-state index is 0.0397. The molecule has 0 spiro atoms. The number of ketones is 1. The minimum atomic E-state index is -1.51. The molecular weight excluding hydrogens is 354 g/mol. The topological polar surface area (TPSA) is 76.5 Å². The normalized spacial score (nSPS) is 11.4. The Hall–Kier alpha value is -3.47. The Morgan fingerprint density at radius 1 is 1.04 bits per heavy atom. The predicted molar refractivity (Wildman–Crippen MR) is 109 cm³/mol. The van der Waals surface area contributed by atoms with Crippen LogP contribution >= 0.6 is 0 Å². The molecule has 1 aromatic heterocycles. The number of fused-ring (bicyclic) bond motifs is 1. The second kappa shape index (κ2) is 8.95. The lowest BCUT2D eigenvalue weighted by Crippen LogP contribution is -2.15. The lowest BCUT2D eigenvalue weighted by molar-refractivity contribution is -0.146. The van der Waals surface area contributed by atoms with E-state index in [9.17, 15) is 14.7 Å². The van der Waals surface area contributed by atoms with E-state index in [2.05, 4.69) is 11.9 Å². The van der Waals surface area contributed by atoms with Gasteiger partial charge in [-0.15, -0.1) is 0 Å². The Morgan fingerprint density at radius 3 is 2.50 bits per heavy atom. The van der Waals surface area contributed by atoms with E-state index in [1.54, 1.807) is 36.4 Å². The number of hydrogen-bond acceptors (Lipinski definition) is 4. The smallest absolute Gasteiger partial charge is 0.377 e. The van der Waals surface area contributed by atoms with Gasteiger partial charge in [0.05, 0.1) is 23.4 Å². The summed E-state index contributed by atoms with van der Waals surface area (Å²) in [6.07, 6.45) is 3.58. The molecule has 0 radical (unpaired) electrons. The fourth-order valence-electron chi connectivity index (χ4n) is 2.75. The number of aliphatic carboxylic acids is 1. The summed E-state index contributed by atoms with van der Waals surface area (Å²) >= 11 is 0. The second-order valence-electron chi connectivity index (χ2n) is 6.35. The van der Waals surface area contributed by atoms with Crippen LogP contribution in [0, 0.1) is 0 Å². The van der Waals surface area contributed by atoms with E-state index in [-0.39, 0.29) is 5.57 Å². The summed E-state index contributed by atoms with van der Waals surface area (Å²) in [7, 11) is 0. The Balaban J connectivity index is 1.95. The fourth-order valence-corrected chi connectivity index (χ4v) is 2.75. The van der Waals surface area contributed by atoms with Gasteiger partial charge >= 0.3 is 5.97 Å². The molecule has 5 nitrogen and oxygen atoms in total. The third kappa shape index (κ3) is 4.62. The maximum absolute atomic E-state index is 12.3. The van der Waals surface area contributed by atoms with Crippen LogP contribution in [0.3, 0.4) is 0 Å². The van der Waals surface area contributed by atoms with Crippen LogP contribution in [0.25, 0.3) is 22.6 Å². The van der Waals surface area contributed by atoms with E-state index in [1.807, 2.05) is 30.3 Å². The first-order valence-corrected chi connectivity index (χ1v) is 9.17. The van der Waals surface area contributed by atoms with Crippen LogP contribution in [-0.2, 0) is 9.59 Å². The van der Waals surface area contributed by atoms with E-state index in [4.69, 9.17) is 4.74 Å².